The number of aryl methyl sites for hydroxylation is 2. The Morgan fingerprint density at radius 3 is 2.61 bits per heavy atom. The number of ether oxygens (including phenoxy) is 1. The summed E-state index contributed by atoms with van der Waals surface area (Å²) in [7, 11) is 0. The Balaban J connectivity index is 1.44. The maximum absolute atomic E-state index is 12.6. The van der Waals surface area contributed by atoms with E-state index in [0.29, 0.717) is 16.1 Å². The minimum atomic E-state index is -0.575. The third-order valence-electron chi connectivity index (χ3n) is 5.42. The van der Waals surface area contributed by atoms with Gasteiger partial charge in [0.25, 0.3) is 11.8 Å². The van der Waals surface area contributed by atoms with Crippen molar-refractivity contribution in [1.29, 1.82) is 0 Å². The number of hydrogen-bond donors (Lipinski definition) is 2. The third-order valence-corrected chi connectivity index (χ3v) is 6.63. The molecule has 2 heterocycles. The molecule has 31 heavy (non-hydrogen) atoms. The molecule has 3 N–H and O–H groups in total. The second kappa shape index (κ2) is 8.39. The molecule has 2 aromatic heterocycles. The molecule has 2 amide bonds. The van der Waals surface area contributed by atoms with Crippen molar-refractivity contribution in [3.8, 4) is 5.69 Å². The van der Waals surface area contributed by atoms with Crippen LogP contribution in [0.2, 0.25) is 0 Å². The van der Waals surface area contributed by atoms with Gasteiger partial charge >= 0.3 is 5.97 Å². The first-order valence-electron chi connectivity index (χ1n) is 10.0. The Morgan fingerprint density at radius 1 is 1.16 bits per heavy atom. The summed E-state index contributed by atoms with van der Waals surface area (Å²) in [6.07, 6.45) is 2.64. The molecule has 160 valence electrons. The van der Waals surface area contributed by atoms with Crippen molar-refractivity contribution in [3.05, 3.63) is 69.4 Å². The molecule has 1 aliphatic carbocycles. The topological polar surface area (TPSA) is 103 Å². The summed E-state index contributed by atoms with van der Waals surface area (Å²) >= 11 is 1.36. The molecule has 0 aliphatic heterocycles. The van der Waals surface area contributed by atoms with Gasteiger partial charge in [-0.25, -0.2) is 4.79 Å². The summed E-state index contributed by atoms with van der Waals surface area (Å²) in [5.41, 5.74) is 9.80. The molecule has 0 fully saturated rings. The third kappa shape index (κ3) is 3.98. The van der Waals surface area contributed by atoms with Crippen molar-refractivity contribution in [3.63, 3.8) is 0 Å². The van der Waals surface area contributed by atoms with E-state index in [1.54, 1.807) is 6.07 Å². The highest BCUT2D eigenvalue weighted by atomic mass is 32.1. The van der Waals surface area contributed by atoms with E-state index in [1.165, 1.54) is 11.3 Å². The normalized spacial score (nSPS) is 12.5. The quantitative estimate of drug-likeness (QED) is 0.576. The summed E-state index contributed by atoms with van der Waals surface area (Å²) in [6, 6.07) is 11.4. The van der Waals surface area contributed by atoms with Gasteiger partial charge in [0.2, 0.25) is 0 Å². The molecule has 1 aliphatic rings. The van der Waals surface area contributed by atoms with E-state index in [4.69, 9.17) is 10.5 Å². The molecule has 0 saturated carbocycles. The number of para-hydroxylation sites is 1. The number of primary amides is 1. The van der Waals surface area contributed by atoms with E-state index >= 15 is 0 Å². The zero-order valence-electron chi connectivity index (χ0n) is 17.4. The maximum atomic E-state index is 12.6. The lowest BCUT2D eigenvalue weighted by molar-refractivity contribution is -0.119. The average molecular weight is 438 g/mol. The Kier molecular flexibility index (Phi) is 5.65. The van der Waals surface area contributed by atoms with Crippen molar-refractivity contribution in [2.75, 3.05) is 11.9 Å². The van der Waals surface area contributed by atoms with Gasteiger partial charge in [-0.05, 0) is 56.9 Å². The Morgan fingerprint density at radius 2 is 1.90 bits per heavy atom. The van der Waals surface area contributed by atoms with E-state index in [2.05, 4.69) is 5.32 Å². The first-order chi connectivity index (χ1) is 14.9. The number of carbonyl (C=O) groups excluding carboxylic acids is 3. The molecule has 0 unspecified atom stereocenters. The molecular weight excluding hydrogens is 414 g/mol. The monoisotopic (exact) mass is 437 g/mol. The molecule has 0 radical (unpaired) electrons. The molecule has 7 nitrogen and oxygen atoms in total. The van der Waals surface area contributed by atoms with Gasteiger partial charge in [0.1, 0.15) is 5.00 Å². The smallest absolute Gasteiger partial charge is 0.340 e. The molecule has 4 rings (SSSR count). The van der Waals surface area contributed by atoms with E-state index in [0.717, 1.165) is 46.8 Å². The predicted octanol–water partition coefficient (Wildman–Crippen LogP) is 3.54. The lowest BCUT2D eigenvalue weighted by Gasteiger charge is -2.10. The molecule has 0 atom stereocenters. The molecule has 8 heteroatoms. The Hall–Kier alpha value is -3.39. The van der Waals surface area contributed by atoms with E-state index in [-0.39, 0.29) is 0 Å². The largest absolute Gasteiger partial charge is 0.452 e. The van der Waals surface area contributed by atoms with Crippen LogP contribution in [-0.4, -0.2) is 29.0 Å². The van der Waals surface area contributed by atoms with Gasteiger partial charge in [0, 0.05) is 22.0 Å². The van der Waals surface area contributed by atoms with Gasteiger partial charge in [-0.1, -0.05) is 18.2 Å². The van der Waals surface area contributed by atoms with Crippen LogP contribution in [0.5, 0.6) is 0 Å². The summed E-state index contributed by atoms with van der Waals surface area (Å²) in [4.78, 5) is 37.9. The van der Waals surface area contributed by atoms with E-state index < -0.39 is 24.4 Å². The first kappa shape index (κ1) is 20.9. The van der Waals surface area contributed by atoms with Crippen LogP contribution in [0.15, 0.2) is 36.4 Å². The number of aromatic nitrogens is 1. The van der Waals surface area contributed by atoms with Crippen LogP contribution in [0.1, 0.15) is 49.0 Å². The van der Waals surface area contributed by atoms with Gasteiger partial charge in [-0.3, -0.25) is 9.59 Å². The number of fused-ring (bicyclic) bond motifs is 1. The fourth-order valence-electron chi connectivity index (χ4n) is 4.07. The lowest BCUT2D eigenvalue weighted by Crippen LogP contribution is -2.23. The summed E-state index contributed by atoms with van der Waals surface area (Å²) in [5.74, 6) is -1.64. The number of nitrogens with two attached hydrogens (primary N) is 1. The minimum absolute atomic E-state index is 0.378. The van der Waals surface area contributed by atoms with Crippen molar-refractivity contribution in [2.24, 2.45) is 5.73 Å². The summed E-state index contributed by atoms with van der Waals surface area (Å²) < 4.78 is 7.21. The highest BCUT2D eigenvalue weighted by molar-refractivity contribution is 7.17. The van der Waals surface area contributed by atoms with Gasteiger partial charge in [-0.2, -0.15) is 0 Å². The number of rotatable bonds is 6. The fourth-order valence-corrected chi connectivity index (χ4v) is 5.38. The molecule has 0 saturated heterocycles. The van der Waals surface area contributed by atoms with Crippen LogP contribution in [0.3, 0.4) is 0 Å². The predicted molar refractivity (Wildman–Crippen MR) is 119 cm³/mol. The van der Waals surface area contributed by atoms with Crippen LogP contribution in [0.25, 0.3) is 5.69 Å². The Bertz CT molecular complexity index is 1180. The number of benzene rings is 1. The zero-order chi connectivity index (χ0) is 22.1. The van der Waals surface area contributed by atoms with Gasteiger partial charge in [-0.15, -0.1) is 11.3 Å². The summed E-state index contributed by atoms with van der Waals surface area (Å²) in [6.45, 7) is 3.29. The maximum Gasteiger partial charge on any atom is 0.340 e. The van der Waals surface area contributed by atoms with Gasteiger partial charge < -0.3 is 20.4 Å². The number of anilines is 1. The average Bonchev–Trinajstić information content (AvgIpc) is 3.39. The first-order valence-corrected chi connectivity index (χ1v) is 10.8. The number of thiophene rings is 1. The van der Waals surface area contributed by atoms with Crippen LogP contribution < -0.4 is 11.1 Å². The van der Waals surface area contributed by atoms with Crippen molar-refractivity contribution < 1.29 is 19.1 Å². The molecular formula is C23H23N3O4S. The van der Waals surface area contributed by atoms with Crippen molar-refractivity contribution in [2.45, 2.75) is 33.1 Å². The molecule has 0 spiro atoms. The summed E-state index contributed by atoms with van der Waals surface area (Å²) in [5, 5.41) is 3.11. The van der Waals surface area contributed by atoms with Crippen molar-refractivity contribution >= 4 is 34.1 Å². The van der Waals surface area contributed by atoms with Gasteiger partial charge in [0.05, 0.1) is 11.1 Å². The fraction of sp³-hybridized carbons (Fsp3) is 0.261. The number of amides is 2. The Labute approximate surface area is 183 Å². The molecule has 1 aromatic carbocycles. The second-order valence-corrected chi connectivity index (χ2v) is 8.61. The number of nitrogens with one attached hydrogen (secondary N) is 1. The number of esters is 1. The van der Waals surface area contributed by atoms with E-state index in [1.807, 2.05) is 48.7 Å². The lowest BCUT2D eigenvalue weighted by atomic mass is 10.1. The number of hydrogen-bond acceptors (Lipinski definition) is 5. The highest BCUT2D eigenvalue weighted by Crippen LogP contribution is 2.38. The van der Waals surface area contributed by atoms with Crippen LogP contribution >= 0.6 is 11.3 Å². The van der Waals surface area contributed by atoms with E-state index in [9.17, 15) is 14.4 Å². The van der Waals surface area contributed by atoms with Crippen LogP contribution in [0, 0.1) is 13.8 Å². The van der Waals surface area contributed by atoms with Crippen LogP contribution in [0.4, 0.5) is 5.00 Å². The van der Waals surface area contributed by atoms with Crippen molar-refractivity contribution in [1.82, 2.24) is 4.57 Å². The molecule has 3 aromatic rings. The molecule has 0 bridgehead atoms. The number of nitrogens with zero attached hydrogens (tertiary/aromatic N) is 1. The number of carbonyl (C=O) groups is 3. The highest BCUT2D eigenvalue weighted by Gasteiger charge is 2.26. The SMILES string of the molecule is Cc1cc(C(=O)OCC(=O)Nc2sc3c(c2C(N)=O)CCC3)c(C)n1-c1ccccc1. The standard InChI is InChI=1S/C23H23N3O4S/c1-13-11-17(14(2)26(13)15-7-4-3-5-8-15)23(29)30-12-19(27)25-22-20(21(24)28)16-9-6-10-18(16)31-22/h3-5,7-8,11H,6,9-10,12H2,1-2H3,(H2,24,28)(H,25,27). The minimum Gasteiger partial charge on any atom is -0.452 e. The van der Waals surface area contributed by atoms with Gasteiger partial charge in [0.15, 0.2) is 6.61 Å². The zero-order valence-corrected chi connectivity index (χ0v) is 18.2. The van der Waals surface area contributed by atoms with Crippen LogP contribution in [-0.2, 0) is 22.4 Å². The second-order valence-electron chi connectivity index (χ2n) is 7.51.